The van der Waals surface area contributed by atoms with Crippen LogP contribution in [0.15, 0.2) is 4.99 Å². The van der Waals surface area contributed by atoms with Crippen LogP contribution in [0.5, 0.6) is 0 Å². The number of hydrogen-bond donors (Lipinski definition) is 2. The normalized spacial score (nSPS) is 20.2. The Kier molecular flexibility index (Phi) is 5.49. The van der Waals surface area contributed by atoms with E-state index >= 15 is 0 Å². The van der Waals surface area contributed by atoms with E-state index in [1.807, 2.05) is 0 Å². The summed E-state index contributed by atoms with van der Waals surface area (Å²) in [6.45, 7) is 10.8. The lowest BCUT2D eigenvalue weighted by atomic mass is 10.3. The van der Waals surface area contributed by atoms with Gasteiger partial charge < -0.3 is 10.6 Å². The van der Waals surface area contributed by atoms with Crippen molar-refractivity contribution in [2.24, 2.45) is 10.9 Å². The summed E-state index contributed by atoms with van der Waals surface area (Å²) < 4.78 is 0. The van der Waals surface area contributed by atoms with Crippen molar-refractivity contribution in [2.45, 2.75) is 58.5 Å². The molecule has 2 aliphatic carbocycles. The fourth-order valence-corrected chi connectivity index (χ4v) is 2.43. The number of hydrogen-bond acceptors (Lipinski definition) is 2. The van der Waals surface area contributed by atoms with Crippen LogP contribution in [-0.2, 0) is 0 Å². The van der Waals surface area contributed by atoms with Crippen molar-refractivity contribution in [2.75, 3.05) is 26.2 Å². The van der Waals surface area contributed by atoms with Gasteiger partial charge in [0.2, 0.25) is 0 Å². The van der Waals surface area contributed by atoms with E-state index in [4.69, 9.17) is 0 Å². The van der Waals surface area contributed by atoms with Crippen molar-refractivity contribution >= 4 is 5.96 Å². The molecule has 2 saturated carbocycles. The lowest BCUT2D eigenvalue weighted by Gasteiger charge is -2.26. The third-order valence-corrected chi connectivity index (χ3v) is 3.89. The second-order valence-electron chi connectivity index (χ2n) is 6.15. The zero-order valence-electron chi connectivity index (χ0n) is 12.8. The quantitative estimate of drug-likeness (QED) is 0.520. The predicted molar refractivity (Wildman–Crippen MR) is 81.6 cm³/mol. The molecule has 0 unspecified atom stereocenters. The molecule has 0 radical (unpaired) electrons. The first-order valence-electron chi connectivity index (χ1n) is 7.98. The van der Waals surface area contributed by atoms with Gasteiger partial charge in [-0.15, -0.1) is 0 Å². The van der Waals surface area contributed by atoms with Gasteiger partial charge in [0.05, 0.1) is 0 Å². The smallest absolute Gasteiger partial charge is 0.191 e. The Balaban J connectivity index is 1.69. The first kappa shape index (κ1) is 14.6. The number of aliphatic imine (C=N–C) groups is 1. The molecule has 110 valence electrons. The Morgan fingerprint density at radius 3 is 2.47 bits per heavy atom. The monoisotopic (exact) mass is 266 g/mol. The van der Waals surface area contributed by atoms with Crippen molar-refractivity contribution in [3.63, 3.8) is 0 Å². The highest BCUT2D eigenvalue weighted by atomic mass is 15.2. The first-order valence-corrected chi connectivity index (χ1v) is 7.98. The summed E-state index contributed by atoms with van der Waals surface area (Å²) in [6, 6.07) is 1.49. The topological polar surface area (TPSA) is 39.7 Å². The molecule has 0 aliphatic heterocycles. The Labute approximate surface area is 118 Å². The van der Waals surface area contributed by atoms with Gasteiger partial charge in [-0.3, -0.25) is 9.89 Å². The molecule has 0 spiro atoms. The van der Waals surface area contributed by atoms with Crippen LogP contribution >= 0.6 is 0 Å². The maximum Gasteiger partial charge on any atom is 0.191 e. The molecular weight excluding hydrogens is 236 g/mol. The molecule has 2 aliphatic rings. The van der Waals surface area contributed by atoms with Crippen LogP contribution in [-0.4, -0.2) is 49.1 Å². The highest BCUT2D eigenvalue weighted by Gasteiger charge is 2.30. The lowest BCUT2D eigenvalue weighted by molar-refractivity contribution is 0.215. The number of nitrogens with one attached hydrogen (secondary N) is 2. The summed E-state index contributed by atoms with van der Waals surface area (Å²) in [5.74, 6) is 1.85. The zero-order chi connectivity index (χ0) is 13.7. The summed E-state index contributed by atoms with van der Waals surface area (Å²) in [6.07, 6.45) is 5.50. The standard InChI is InChI=1S/C15H30N4/c1-4-16-15(18-11-13-5-6-13)17-9-10-19(12(2)3)14-7-8-14/h12-14H,4-11H2,1-3H3,(H2,16,17,18). The Hall–Kier alpha value is -0.770. The Morgan fingerprint density at radius 2 is 1.95 bits per heavy atom. The van der Waals surface area contributed by atoms with E-state index in [-0.39, 0.29) is 0 Å². The molecule has 4 heteroatoms. The lowest BCUT2D eigenvalue weighted by Crippen LogP contribution is -2.44. The van der Waals surface area contributed by atoms with Gasteiger partial charge in [0.25, 0.3) is 0 Å². The van der Waals surface area contributed by atoms with Crippen LogP contribution in [0.3, 0.4) is 0 Å². The minimum Gasteiger partial charge on any atom is -0.357 e. The predicted octanol–water partition coefficient (Wildman–Crippen LogP) is 1.82. The molecule has 0 aromatic rings. The molecule has 0 saturated heterocycles. The van der Waals surface area contributed by atoms with Crippen LogP contribution in [0.2, 0.25) is 0 Å². The van der Waals surface area contributed by atoms with E-state index in [0.717, 1.165) is 44.1 Å². The SMILES string of the molecule is CCNC(=NCC1CC1)NCCN(C(C)C)C1CC1. The highest BCUT2D eigenvalue weighted by molar-refractivity contribution is 5.79. The summed E-state index contributed by atoms with van der Waals surface area (Å²) in [5.41, 5.74) is 0. The molecule has 4 nitrogen and oxygen atoms in total. The second kappa shape index (κ2) is 7.13. The summed E-state index contributed by atoms with van der Waals surface area (Å²) in [4.78, 5) is 7.26. The van der Waals surface area contributed by atoms with Crippen molar-refractivity contribution in [3.8, 4) is 0 Å². The molecule has 2 fully saturated rings. The van der Waals surface area contributed by atoms with Crippen molar-refractivity contribution in [1.29, 1.82) is 0 Å². The van der Waals surface area contributed by atoms with E-state index in [9.17, 15) is 0 Å². The van der Waals surface area contributed by atoms with E-state index in [2.05, 4.69) is 41.3 Å². The Bertz CT molecular complexity index is 291. The molecule has 0 heterocycles. The summed E-state index contributed by atoms with van der Waals surface area (Å²) >= 11 is 0. The van der Waals surface area contributed by atoms with Crippen LogP contribution in [0.4, 0.5) is 0 Å². The van der Waals surface area contributed by atoms with Gasteiger partial charge in [-0.1, -0.05) is 0 Å². The van der Waals surface area contributed by atoms with Gasteiger partial charge in [0, 0.05) is 38.3 Å². The van der Waals surface area contributed by atoms with Gasteiger partial charge in [-0.2, -0.15) is 0 Å². The third-order valence-electron chi connectivity index (χ3n) is 3.89. The Morgan fingerprint density at radius 1 is 1.21 bits per heavy atom. The van der Waals surface area contributed by atoms with Crippen LogP contribution in [0, 0.1) is 5.92 Å². The second-order valence-corrected chi connectivity index (χ2v) is 6.15. The van der Waals surface area contributed by atoms with Crippen molar-refractivity contribution < 1.29 is 0 Å². The van der Waals surface area contributed by atoms with Crippen LogP contribution < -0.4 is 10.6 Å². The van der Waals surface area contributed by atoms with Gasteiger partial charge >= 0.3 is 0 Å². The van der Waals surface area contributed by atoms with Gasteiger partial charge in [0.15, 0.2) is 5.96 Å². The van der Waals surface area contributed by atoms with Crippen LogP contribution in [0.1, 0.15) is 46.5 Å². The molecule has 2 rings (SSSR count). The van der Waals surface area contributed by atoms with Crippen molar-refractivity contribution in [3.05, 3.63) is 0 Å². The number of nitrogens with zero attached hydrogens (tertiary/aromatic N) is 2. The molecule has 0 aromatic heterocycles. The van der Waals surface area contributed by atoms with Crippen molar-refractivity contribution in [1.82, 2.24) is 15.5 Å². The maximum atomic E-state index is 4.65. The average Bonchev–Trinajstić information content (AvgIpc) is 3.25. The van der Waals surface area contributed by atoms with E-state index in [0.29, 0.717) is 6.04 Å². The summed E-state index contributed by atoms with van der Waals surface area (Å²) in [5, 5.41) is 6.80. The van der Waals surface area contributed by atoms with E-state index in [1.54, 1.807) is 0 Å². The zero-order valence-corrected chi connectivity index (χ0v) is 12.8. The third kappa shape index (κ3) is 5.39. The number of rotatable bonds is 8. The van der Waals surface area contributed by atoms with Gasteiger partial charge in [-0.05, 0) is 52.4 Å². The largest absolute Gasteiger partial charge is 0.357 e. The molecule has 0 aromatic carbocycles. The molecule has 19 heavy (non-hydrogen) atoms. The minimum atomic E-state index is 0.653. The van der Waals surface area contributed by atoms with Crippen LogP contribution in [0.25, 0.3) is 0 Å². The number of guanidine groups is 1. The van der Waals surface area contributed by atoms with E-state index < -0.39 is 0 Å². The minimum absolute atomic E-state index is 0.653. The maximum absolute atomic E-state index is 4.65. The fraction of sp³-hybridized carbons (Fsp3) is 0.933. The van der Waals surface area contributed by atoms with E-state index in [1.165, 1.54) is 25.7 Å². The first-order chi connectivity index (χ1) is 9.20. The highest BCUT2D eigenvalue weighted by Crippen LogP contribution is 2.29. The molecule has 0 bridgehead atoms. The fourth-order valence-electron chi connectivity index (χ4n) is 2.43. The van der Waals surface area contributed by atoms with Gasteiger partial charge in [0.1, 0.15) is 0 Å². The molecule has 0 atom stereocenters. The molecular formula is C15H30N4. The molecule has 2 N–H and O–H groups in total. The van der Waals surface area contributed by atoms with Gasteiger partial charge in [-0.25, -0.2) is 0 Å². The molecule has 0 amide bonds. The summed E-state index contributed by atoms with van der Waals surface area (Å²) in [7, 11) is 0. The average molecular weight is 266 g/mol.